The maximum absolute atomic E-state index is 12.6. The normalized spacial score (nSPS) is 14.1. The molecule has 3 atom stereocenters. The maximum atomic E-state index is 12.6. The number of hydrogen-bond donors (Lipinski definition) is 3. The summed E-state index contributed by atoms with van der Waals surface area (Å²) in [6.45, 7) is 2.32. The van der Waals surface area contributed by atoms with Crippen LogP contribution in [0.2, 0.25) is 0 Å². The summed E-state index contributed by atoms with van der Waals surface area (Å²) in [5.41, 5.74) is 0. The van der Waals surface area contributed by atoms with Crippen LogP contribution in [-0.2, 0) is 32.7 Å². The number of ether oxygens (including phenoxy) is 2. The van der Waals surface area contributed by atoms with E-state index in [1.165, 1.54) is 122 Å². The molecule has 0 saturated heterocycles. The molecular weight excluding hydrogens is 695 g/mol. The summed E-state index contributed by atoms with van der Waals surface area (Å²) in [7, 11) is -4.62. The van der Waals surface area contributed by atoms with Gasteiger partial charge in [-0.05, 0) is 44.9 Å². The Labute approximate surface area is 323 Å². The second-order valence-corrected chi connectivity index (χ2v) is 15.8. The minimum Gasteiger partial charge on any atom is -0.462 e. The lowest BCUT2D eigenvalue weighted by Gasteiger charge is -2.20. The largest absolute Gasteiger partial charge is 0.472 e. The predicted molar refractivity (Wildman–Crippen MR) is 215 cm³/mol. The van der Waals surface area contributed by atoms with Crippen LogP contribution in [-0.4, -0.2) is 65.7 Å². The number of hydrogen-bond acceptors (Lipinski definition) is 9. The highest BCUT2D eigenvalue weighted by Gasteiger charge is 2.27. The molecule has 0 aromatic carbocycles. The summed E-state index contributed by atoms with van der Waals surface area (Å²) in [5, 5.41) is 18.3. The van der Waals surface area contributed by atoms with Gasteiger partial charge in [0.25, 0.3) is 0 Å². The zero-order chi connectivity index (χ0) is 39.1. The molecule has 10 nitrogen and oxygen atoms in total. The molecule has 0 heterocycles. The number of unbranched alkanes of at least 4 members (excludes halogenated alkanes) is 22. The predicted octanol–water partition coefficient (Wildman–Crippen LogP) is 11.0. The molecule has 0 rings (SSSR count). The summed E-state index contributed by atoms with van der Waals surface area (Å²) in [4.78, 5) is 34.9. The molecular formula is C42H79O10P. The Morgan fingerprint density at radius 3 is 1.49 bits per heavy atom. The molecule has 0 spiro atoms. The number of carbonyl (C=O) groups excluding carboxylic acids is 2. The fourth-order valence-electron chi connectivity index (χ4n) is 5.76. The molecule has 0 amide bonds. The number of aliphatic hydroxyl groups is 2. The van der Waals surface area contributed by atoms with Crippen LogP contribution >= 0.6 is 7.82 Å². The third kappa shape index (κ3) is 38.5. The van der Waals surface area contributed by atoms with E-state index in [1.54, 1.807) is 0 Å². The zero-order valence-corrected chi connectivity index (χ0v) is 34.6. The van der Waals surface area contributed by atoms with Gasteiger partial charge in [0.05, 0.1) is 19.8 Å². The fraction of sp³-hybridized carbons (Fsp3) is 0.857. The summed E-state index contributed by atoms with van der Waals surface area (Å²) >= 11 is 0. The van der Waals surface area contributed by atoms with Crippen molar-refractivity contribution in [3.8, 4) is 0 Å². The summed E-state index contributed by atoms with van der Waals surface area (Å²) in [6, 6.07) is 0. The molecule has 0 aromatic heterocycles. The van der Waals surface area contributed by atoms with E-state index in [2.05, 4.69) is 36.6 Å². The molecule has 3 N–H and O–H groups in total. The van der Waals surface area contributed by atoms with Crippen LogP contribution in [0, 0.1) is 0 Å². The van der Waals surface area contributed by atoms with Crippen molar-refractivity contribution < 1.29 is 47.8 Å². The molecule has 0 aliphatic carbocycles. The van der Waals surface area contributed by atoms with Gasteiger partial charge < -0.3 is 24.6 Å². The Hall–Kier alpha value is -1.55. The van der Waals surface area contributed by atoms with Gasteiger partial charge in [-0.3, -0.25) is 18.6 Å². The molecule has 0 bridgehead atoms. The number of aliphatic hydroxyl groups excluding tert-OH is 2. The fourth-order valence-corrected chi connectivity index (χ4v) is 6.55. The molecule has 0 aromatic rings. The van der Waals surface area contributed by atoms with Gasteiger partial charge in [-0.15, -0.1) is 0 Å². The van der Waals surface area contributed by atoms with Gasteiger partial charge in [-0.1, -0.05) is 160 Å². The summed E-state index contributed by atoms with van der Waals surface area (Å²) in [5.74, 6) is -0.979. The lowest BCUT2D eigenvalue weighted by Crippen LogP contribution is -2.29. The highest BCUT2D eigenvalue weighted by Crippen LogP contribution is 2.43. The van der Waals surface area contributed by atoms with Crippen molar-refractivity contribution in [2.75, 3.05) is 26.4 Å². The van der Waals surface area contributed by atoms with E-state index < -0.39 is 51.8 Å². The first-order chi connectivity index (χ1) is 25.7. The van der Waals surface area contributed by atoms with Crippen molar-refractivity contribution in [2.24, 2.45) is 0 Å². The van der Waals surface area contributed by atoms with Crippen molar-refractivity contribution in [1.82, 2.24) is 0 Å². The third-order valence-corrected chi connectivity index (χ3v) is 10.0. The number of rotatable bonds is 40. The van der Waals surface area contributed by atoms with E-state index in [9.17, 15) is 24.2 Å². The molecule has 0 aliphatic heterocycles. The van der Waals surface area contributed by atoms with Gasteiger partial charge in [0.2, 0.25) is 0 Å². The first-order valence-electron chi connectivity index (χ1n) is 21.3. The molecule has 0 fully saturated rings. The molecule has 1 unspecified atom stereocenters. The van der Waals surface area contributed by atoms with Crippen molar-refractivity contribution in [1.29, 1.82) is 0 Å². The highest BCUT2D eigenvalue weighted by atomic mass is 31.2. The highest BCUT2D eigenvalue weighted by molar-refractivity contribution is 7.47. The van der Waals surface area contributed by atoms with Gasteiger partial charge in [0, 0.05) is 12.8 Å². The average molecular weight is 775 g/mol. The van der Waals surface area contributed by atoms with E-state index in [0.29, 0.717) is 12.8 Å². The Morgan fingerprint density at radius 2 is 0.981 bits per heavy atom. The van der Waals surface area contributed by atoms with Crippen LogP contribution < -0.4 is 0 Å². The Balaban J connectivity index is 4.33. The van der Waals surface area contributed by atoms with Crippen LogP contribution in [0.25, 0.3) is 0 Å². The third-order valence-electron chi connectivity index (χ3n) is 9.09. The first kappa shape index (κ1) is 51.5. The topological polar surface area (TPSA) is 149 Å². The number of phosphoric ester groups is 1. The monoisotopic (exact) mass is 775 g/mol. The van der Waals surface area contributed by atoms with Gasteiger partial charge in [-0.2, -0.15) is 0 Å². The SMILES string of the molecule is CCCC/C=C/CCCCCCCCCCCC(=O)OC[C@H](COP(=O)(O)OC[C@@H](O)CO)OC(=O)CC/C=C/CCCCCCCCCCCCC. The van der Waals surface area contributed by atoms with Crippen LogP contribution in [0.4, 0.5) is 0 Å². The van der Waals surface area contributed by atoms with Crippen LogP contribution in [0.5, 0.6) is 0 Å². The Kier molecular flexibility index (Phi) is 37.6. The van der Waals surface area contributed by atoms with Crippen molar-refractivity contribution in [3.63, 3.8) is 0 Å². The van der Waals surface area contributed by atoms with E-state index in [-0.39, 0.29) is 19.4 Å². The molecule has 11 heteroatoms. The van der Waals surface area contributed by atoms with Crippen LogP contribution in [0.1, 0.15) is 194 Å². The first-order valence-corrected chi connectivity index (χ1v) is 22.8. The van der Waals surface area contributed by atoms with Crippen LogP contribution in [0.15, 0.2) is 24.3 Å². The average Bonchev–Trinajstić information content (AvgIpc) is 3.14. The minimum atomic E-state index is -4.62. The van der Waals surface area contributed by atoms with E-state index in [4.69, 9.17) is 19.1 Å². The minimum absolute atomic E-state index is 0.103. The number of carbonyl (C=O) groups is 2. The molecule has 0 saturated carbocycles. The van der Waals surface area contributed by atoms with Crippen molar-refractivity contribution >= 4 is 19.8 Å². The van der Waals surface area contributed by atoms with E-state index in [0.717, 1.165) is 32.1 Å². The second kappa shape index (κ2) is 38.7. The van der Waals surface area contributed by atoms with Gasteiger partial charge in [0.1, 0.15) is 12.7 Å². The number of esters is 2. The second-order valence-electron chi connectivity index (χ2n) is 14.4. The lowest BCUT2D eigenvalue weighted by molar-refractivity contribution is -0.161. The molecule has 53 heavy (non-hydrogen) atoms. The van der Waals surface area contributed by atoms with Crippen molar-refractivity contribution in [3.05, 3.63) is 24.3 Å². The zero-order valence-electron chi connectivity index (χ0n) is 33.7. The Morgan fingerprint density at radius 1 is 0.547 bits per heavy atom. The maximum Gasteiger partial charge on any atom is 0.472 e. The number of phosphoric acid groups is 1. The summed E-state index contributed by atoms with van der Waals surface area (Å²) < 4.78 is 32.6. The summed E-state index contributed by atoms with van der Waals surface area (Å²) in [6.07, 6.45) is 37.3. The van der Waals surface area contributed by atoms with Crippen molar-refractivity contribution in [2.45, 2.75) is 206 Å². The van der Waals surface area contributed by atoms with Gasteiger partial charge in [-0.25, -0.2) is 4.57 Å². The van der Waals surface area contributed by atoms with Crippen LogP contribution in [0.3, 0.4) is 0 Å². The van der Waals surface area contributed by atoms with Gasteiger partial charge >= 0.3 is 19.8 Å². The van der Waals surface area contributed by atoms with E-state index >= 15 is 0 Å². The smallest absolute Gasteiger partial charge is 0.462 e. The molecule has 0 radical (unpaired) electrons. The Bertz CT molecular complexity index is 941. The quantitative estimate of drug-likeness (QED) is 0.0238. The number of allylic oxidation sites excluding steroid dienone is 4. The molecule has 0 aliphatic rings. The standard InChI is InChI=1S/C42H79O10P/c1-3-5-7-9-11-13-15-17-19-21-23-25-27-29-31-33-41(45)49-37-40(38-51-53(47,48)50-36-39(44)35-43)52-42(46)34-32-30-28-26-24-22-20-18-16-14-12-10-8-6-4-2/h9,11,28,30,39-40,43-44H,3-8,10,12-27,29,31-38H2,1-2H3,(H,47,48)/b11-9+,30-28+/t39-,40+/m0/s1. The van der Waals surface area contributed by atoms with Gasteiger partial charge in [0.15, 0.2) is 6.10 Å². The van der Waals surface area contributed by atoms with E-state index in [1.807, 2.05) is 6.08 Å². The lowest BCUT2D eigenvalue weighted by atomic mass is 10.1. The molecule has 312 valence electrons.